The predicted molar refractivity (Wildman–Crippen MR) is 109 cm³/mol. The second-order valence-electron chi connectivity index (χ2n) is 5.85. The molecule has 1 amide bonds. The molecule has 0 saturated carbocycles. The van der Waals surface area contributed by atoms with Crippen molar-refractivity contribution in [3.63, 3.8) is 0 Å². The van der Waals surface area contributed by atoms with E-state index in [4.69, 9.17) is 0 Å². The molecule has 0 saturated heterocycles. The van der Waals surface area contributed by atoms with E-state index in [1.807, 2.05) is 13.0 Å². The van der Waals surface area contributed by atoms with E-state index in [1.54, 1.807) is 19.1 Å². The fourth-order valence-corrected chi connectivity index (χ4v) is 4.77. The molecule has 2 aromatic rings. The molecule has 1 N–H and O–H groups in total. The summed E-state index contributed by atoms with van der Waals surface area (Å²) in [4.78, 5) is 23.5. The van der Waals surface area contributed by atoms with Crippen LogP contribution < -0.4 is 9.62 Å². The van der Waals surface area contributed by atoms with Gasteiger partial charge in [0.05, 0.1) is 24.8 Å². The summed E-state index contributed by atoms with van der Waals surface area (Å²) in [6.45, 7) is 3.29. The van der Waals surface area contributed by atoms with Crippen molar-refractivity contribution in [1.29, 1.82) is 0 Å². The van der Waals surface area contributed by atoms with Gasteiger partial charge < -0.3 is 4.74 Å². The van der Waals surface area contributed by atoms with Crippen molar-refractivity contribution in [2.24, 2.45) is 0 Å². The smallest absolute Gasteiger partial charge is 0.316 e. The highest BCUT2D eigenvalue weighted by Crippen LogP contribution is 2.26. The van der Waals surface area contributed by atoms with Gasteiger partial charge in [0, 0.05) is 0 Å². The van der Waals surface area contributed by atoms with Crippen LogP contribution >= 0.6 is 23.1 Å². The maximum absolute atomic E-state index is 12.4. The van der Waals surface area contributed by atoms with E-state index in [1.165, 1.54) is 7.11 Å². The van der Waals surface area contributed by atoms with Crippen LogP contribution in [-0.2, 0) is 24.3 Å². The van der Waals surface area contributed by atoms with Gasteiger partial charge in [-0.05, 0) is 25.5 Å². The molecular formula is C16H20N4O5S3. The van der Waals surface area contributed by atoms with Crippen LogP contribution in [0.3, 0.4) is 0 Å². The number of hydrogen-bond acceptors (Lipinski definition) is 9. The number of carbonyl (C=O) groups excluding carboxylic acids is 2. The Morgan fingerprint density at radius 3 is 2.61 bits per heavy atom. The summed E-state index contributed by atoms with van der Waals surface area (Å²) in [5, 5.41) is 10.4. The molecule has 0 aliphatic heterocycles. The van der Waals surface area contributed by atoms with Crippen molar-refractivity contribution in [3.05, 3.63) is 29.3 Å². The number of esters is 1. The minimum absolute atomic E-state index is 0.0770. The molecule has 0 aliphatic rings. The van der Waals surface area contributed by atoms with Crippen molar-refractivity contribution < 1.29 is 22.7 Å². The molecule has 1 aromatic carbocycles. The SMILES string of the molecule is COC(=O)CSc1nnc(NC(=O)CN(c2ccc(C)cc2C)S(C)(=O)=O)s1. The average molecular weight is 445 g/mol. The van der Waals surface area contributed by atoms with Crippen LogP contribution in [-0.4, -0.2) is 56.2 Å². The third-order valence-corrected chi connectivity index (χ3v) is 6.57. The van der Waals surface area contributed by atoms with Crippen LogP contribution in [0.1, 0.15) is 11.1 Å². The molecule has 0 fully saturated rings. The van der Waals surface area contributed by atoms with Crippen molar-refractivity contribution >= 4 is 55.8 Å². The lowest BCUT2D eigenvalue weighted by atomic mass is 10.1. The summed E-state index contributed by atoms with van der Waals surface area (Å²) < 4.78 is 30.5. The number of nitrogens with one attached hydrogen (secondary N) is 1. The van der Waals surface area contributed by atoms with Gasteiger partial charge in [0.1, 0.15) is 6.54 Å². The maximum atomic E-state index is 12.4. The van der Waals surface area contributed by atoms with E-state index < -0.39 is 28.4 Å². The third-order valence-electron chi connectivity index (χ3n) is 3.50. The number of rotatable bonds is 8. The zero-order chi connectivity index (χ0) is 20.9. The number of amides is 1. The fourth-order valence-electron chi connectivity index (χ4n) is 2.25. The van der Waals surface area contributed by atoms with E-state index in [9.17, 15) is 18.0 Å². The second-order valence-corrected chi connectivity index (χ2v) is 9.95. The summed E-state index contributed by atoms with van der Waals surface area (Å²) in [5.41, 5.74) is 2.18. The summed E-state index contributed by atoms with van der Waals surface area (Å²) >= 11 is 2.21. The maximum Gasteiger partial charge on any atom is 0.316 e. The molecule has 0 spiro atoms. The fraction of sp³-hybridized carbons (Fsp3) is 0.375. The Kier molecular flexibility index (Phi) is 7.38. The lowest BCUT2D eigenvalue weighted by molar-refractivity contribution is -0.137. The lowest BCUT2D eigenvalue weighted by Gasteiger charge is -2.23. The number of methoxy groups -OCH3 is 1. The Balaban J connectivity index is 2.08. The predicted octanol–water partition coefficient (Wildman–Crippen LogP) is 1.82. The molecule has 2 rings (SSSR count). The molecule has 1 aromatic heterocycles. The van der Waals surface area contributed by atoms with Gasteiger partial charge >= 0.3 is 5.97 Å². The van der Waals surface area contributed by atoms with Gasteiger partial charge in [-0.25, -0.2) is 8.42 Å². The molecule has 0 radical (unpaired) electrons. The number of carbonyl (C=O) groups is 2. The first-order valence-electron chi connectivity index (χ1n) is 7.98. The van der Waals surface area contributed by atoms with Crippen LogP contribution in [0.4, 0.5) is 10.8 Å². The van der Waals surface area contributed by atoms with Crippen molar-refractivity contribution in [3.8, 4) is 0 Å². The van der Waals surface area contributed by atoms with Gasteiger partial charge in [0.25, 0.3) is 0 Å². The first kappa shape index (κ1) is 22.1. The van der Waals surface area contributed by atoms with Crippen LogP contribution in [0.15, 0.2) is 22.5 Å². The summed E-state index contributed by atoms with van der Waals surface area (Å²) in [6.07, 6.45) is 1.05. The molecule has 1 heterocycles. The molecule has 0 bridgehead atoms. The number of aryl methyl sites for hydroxylation is 2. The summed E-state index contributed by atoms with van der Waals surface area (Å²) in [7, 11) is -2.38. The van der Waals surface area contributed by atoms with Crippen molar-refractivity contribution in [1.82, 2.24) is 10.2 Å². The first-order valence-corrected chi connectivity index (χ1v) is 11.6. The number of aromatic nitrogens is 2. The Labute approximate surface area is 171 Å². The zero-order valence-corrected chi connectivity index (χ0v) is 18.2. The zero-order valence-electron chi connectivity index (χ0n) is 15.8. The number of sulfonamides is 1. The van der Waals surface area contributed by atoms with Gasteiger partial charge in [-0.3, -0.25) is 19.2 Å². The molecule has 9 nitrogen and oxygen atoms in total. The van der Waals surface area contributed by atoms with Crippen LogP contribution in [0.5, 0.6) is 0 Å². The normalized spacial score (nSPS) is 11.1. The standard InChI is InChI=1S/C16H20N4O5S3/c1-10-5-6-12(11(2)7-10)20(28(4,23)24)8-13(21)17-15-18-19-16(27-15)26-9-14(22)25-3/h5-7H,8-9H2,1-4H3,(H,17,18,21). The highest BCUT2D eigenvalue weighted by atomic mass is 32.2. The van der Waals surface area contributed by atoms with Gasteiger partial charge in [0.15, 0.2) is 4.34 Å². The number of nitrogens with zero attached hydrogens (tertiary/aromatic N) is 3. The van der Waals surface area contributed by atoms with Gasteiger partial charge in [0.2, 0.25) is 21.1 Å². The van der Waals surface area contributed by atoms with Gasteiger partial charge in [-0.2, -0.15) is 0 Å². The van der Waals surface area contributed by atoms with Crippen LogP contribution in [0.25, 0.3) is 0 Å². The van der Waals surface area contributed by atoms with E-state index in [-0.39, 0.29) is 10.9 Å². The van der Waals surface area contributed by atoms with E-state index in [2.05, 4.69) is 20.3 Å². The van der Waals surface area contributed by atoms with Crippen LogP contribution in [0.2, 0.25) is 0 Å². The lowest BCUT2D eigenvalue weighted by Crippen LogP contribution is -2.37. The number of thioether (sulfide) groups is 1. The van der Waals surface area contributed by atoms with E-state index in [0.717, 1.165) is 44.8 Å². The number of hydrogen-bond donors (Lipinski definition) is 1. The second kappa shape index (κ2) is 9.34. The molecule has 28 heavy (non-hydrogen) atoms. The molecule has 0 unspecified atom stereocenters. The molecular weight excluding hydrogens is 424 g/mol. The first-order chi connectivity index (χ1) is 13.1. The Hall–Kier alpha value is -2.18. The molecule has 0 atom stereocenters. The largest absolute Gasteiger partial charge is 0.468 e. The van der Waals surface area contributed by atoms with E-state index in [0.29, 0.717) is 10.0 Å². The Morgan fingerprint density at radius 1 is 1.29 bits per heavy atom. The highest BCUT2D eigenvalue weighted by Gasteiger charge is 2.23. The summed E-state index contributed by atoms with van der Waals surface area (Å²) in [5.74, 6) is -0.873. The quantitative estimate of drug-likeness (QED) is 0.372. The van der Waals surface area contributed by atoms with E-state index >= 15 is 0 Å². The van der Waals surface area contributed by atoms with Crippen molar-refractivity contribution in [2.75, 3.05) is 35.3 Å². The highest BCUT2D eigenvalue weighted by molar-refractivity contribution is 8.01. The average Bonchev–Trinajstić information content (AvgIpc) is 3.04. The molecule has 12 heteroatoms. The monoisotopic (exact) mass is 444 g/mol. The third kappa shape index (κ3) is 6.17. The van der Waals surface area contributed by atoms with Crippen LogP contribution in [0, 0.1) is 13.8 Å². The number of ether oxygens (including phenoxy) is 1. The van der Waals surface area contributed by atoms with Gasteiger partial charge in [-0.1, -0.05) is 40.8 Å². The van der Waals surface area contributed by atoms with Crippen molar-refractivity contribution in [2.45, 2.75) is 18.2 Å². The Bertz CT molecular complexity index is 974. The topological polar surface area (TPSA) is 119 Å². The minimum atomic E-state index is -3.67. The number of anilines is 2. The van der Waals surface area contributed by atoms with Gasteiger partial charge in [-0.15, -0.1) is 10.2 Å². The minimum Gasteiger partial charge on any atom is -0.468 e. The molecule has 0 aliphatic carbocycles. The Morgan fingerprint density at radius 2 is 2.00 bits per heavy atom. The number of benzene rings is 1. The molecule has 152 valence electrons. The summed E-state index contributed by atoms with van der Waals surface area (Å²) in [6, 6.07) is 5.31.